The quantitative estimate of drug-likeness (QED) is 0.486. The number of nitro benzene ring substituents is 1. The van der Waals surface area contributed by atoms with Crippen LogP contribution in [0.1, 0.15) is 18.3 Å². The molecule has 2 rings (SSSR count). The molecular formula is C9H11N2O5P. The van der Waals surface area contributed by atoms with E-state index >= 15 is 0 Å². The van der Waals surface area contributed by atoms with Crippen LogP contribution in [0.4, 0.5) is 5.69 Å². The van der Waals surface area contributed by atoms with E-state index in [-0.39, 0.29) is 11.4 Å². The monoisotopic (exact) mass is 258 g/mol. The van der Waals surface area contributed by atoms with E-state index in [4.69, 9.17) is 4.52 Å². The first kappa shape index (κ1) is 12.0. The summed E-state index contributed by atoms with van der Waals surface area (Å²) in [7, 11) is -3.84. The third-order valence-electron chi connectivity index (χ3n) is 2.45. The first-order valence-electron chi connectivity index (χ1n) is 4.99. The van der Waals surface area contributed by atoms with E-state index in [1.54, 1.807) is 6.92 Å². The minimum absolute atomic E-state index is 0.128. The predicted octanol–water partition coefficient (Wildman–Crippen LogP) is 1.78. The van der Waals surface area contributed by atoms with Gasteiger partial charge in [0.25, 0.3) is 5.69 Å². The summed E-state index contributed by atoms with van der Waals surface area (Å²) in [5.74, 6) is -0.685. The molecule has 8 heteroatoms. The lowest BCUT2D eigenvalue weighted by molar-refractivity contribution is -0.384. The number of non-ortho nitro benzene ring substituents is 1. The lowest BCUT2D eigenvalue weighted by atomic mass is 10.1. The normalized spacial score (nSPS) is 26.4. The third kappa shape index (κ3) is 2.04. The Bertz CT molecular complexity index is 518. The van der Waals surface area contributed by atoms with Gasteiger partial charge < -0.3 is 9.42 Å². The van der Waals surface area contributed by atoms with Gasteiger partial charge in [-0.05, 0) is 12.6 Å². The summed E-state index contributed by atoms with van der Waals surface area (Å²) in [6, 6.07) is 3.85. The Morgan fingerprint density at radius 1 is 1.65 bits per heavy atom. The first-order chi connectivity index (χ1) is 7.95. The fourth-order valence-corrected chi connectivity index (χ4v) is 3.25. The highest BCUT2D eigenvalue weighted by Gasteiger charge is 2.43. The van der Waals surface area contributed by atoms with Crippen molar-refractivity contribution in [1.82, 2.24) is 5.32 Å². The summed E-state index contributed by atoms with van der Waals surface area (Å²) in [4.78, 5) is 19.7. The molecule has 1 aromatic carbocycles. The summed E-state index contributed by atoms with van der Waals surface area (Å²) in [6.45, 7) is 2.23. The molecule has 0 fully saturated rings. The third-order valence-corrected chi connectivity index (χ3v) is 4.02. The van der Waals surface area contributed by atoms with Crippen LogP contribution in [0.25, 0.3) is 0 Å². The molecule has 92 valence electrons. The van der Waals surface area contributed by atoms with Gasteiger partial charge in [0.15, 0.2) is 5.78 Å². The van der Waals surface area contributed by atoms with E-state index in [2.05, 4.69) is 5.32 Å². The van der Waals surface area contributed by atoms with Crippen LogP contribution in [0.15, 0.2) is 18.2 Å². The van der Waals surface area contributed by atoms with Crippen LogP contribution in [0.3, 0.4) is 0 Å². The molecule has 1 aliphatic rings. The Morgan fingerprint density at radius 2 is 2.35 bits per heavy atom. The maximum absolute atomic E-state index is 11.8. The molecule has 0 saturated carbocycles. The van der Waals surface area contributed by atoms with Crippen LogP contribution in [0.2, 0.25) is 0 Å². The van der Waals surface area contributed by atoms with Gasteiger partial charge in [0.2, 0.25) is 0 Å². The molecule has 2 unspecified atom stereocenters. The van der Waals surface area contributed by atoms with Crippen LogP contribution in [-0.4, -0.2) is 16.4 Å². The van der Waals surface area contributed by atoms with Crippen LogP contribution < -0.4 is 9.84 Å². The molecule has 0 aliphatic carbocycles. The molecule has 17 heavy (non-hydrogen) atoms. The number of hydrogen-bond acceptors (Lipinski definition) is 5. The second-order valence-electron chi connectivity index (χ2n) is 3.59. The zero-order chi connectivity index (χ0) is 12.6. The minimum atomic E-state index is -3.84. The van der Waals surface area contributed by atoms with Crippen LogP contribution >= 0.6 is 7.60 Å². The van der Waals surface area contributed by atoms with Gasteiger partial charge in [-0.15, -0.1) is 0 Å². The highest BCUT2D eigenvalue weighted by molar-refractivity contribution is 7.54. The van der Waals surface area contributed by atoms with Gasteiger partial charge in [0, 0.05) is 17.7 Å². The van der Waals surface area contributed by atoms with Crippen molar-refractivity contribution in [3.05, 3.63) is 33.9 Å². The van der Waals surface area contributed by atoms with Gasteiger partial charge in [-0.1, -0.05) is 6.92 Å². The Labute approximate surface area is 97.1 Å². The van der Waals surface area contributed by atoms with Crippen molar-refractivity contribution in [2.75, 3.05) is 6.54 Å². The molecule has 1 heterocycles. The number of benzene rings is 1. The Hall–Kier alpha value is -1.43. The molecule has 7 nitrogen and oxygen atoms in total. The van der Waals surface area contributed by atoms with Gasteiger partial charge >= 0.3 is 7.60 Å². The maximum atomic E-state index is 11.8. The zero-order valence-electron chi connectivity index (χ0n) is 8.99. The Morgan fingerprint density at radius 3 is 2.94 bits per heavy atom. The molecule has 0 bridgehead atoms. The number of hydrogen-bond donors (Lipinski definition) is 2. The maximum Gasteiger partial charge on any atom is 0.398 e. The second kappa shape index (κ2) is 4.10. The molecule has 1 aromatic rings. The van der Waals surface area contributed by atoms with Crippen molar-refractivity contribution in [2.45, 2.75) is 12.7 Å². The molecule has 0 saturated heterocycles. The molecule has 1 aliphatic heterocycles. The molecule has 0 amide bonds. The minimum Gasteiger partial charge on any atom is -0.423 e. The lowest BCUT2D eigenvalue weighted by Gasteiger charge is -2.13. The van der Waals surface area contributed by atoms with Crippen molar-refractivity contribution >= 4 is 13.3 Å². The molecule has 0 spiro atoms. The summed E-state index contributed by atoms with van der Waals surface area (Å²) in [5.41, 5.74) is 0.226. The van der Waals surface area contributed by atoms with Crippen LogP contribution in [-0.2, 0) is 4.57 Å². The molecule has 0 aromatic heterocycles. The Balaban J connectivity index is 2.48. The SMILES string of the molecule is CCNC1c2cc([N+](=O)[O-])ccc2OP1(=O)O. The van der Waals surface area contributed by atoms with Crippen molar-refractivity contribution in [3.8, 4) is 5.75 Å². The highest BCUT2D eigenvalue weighted by atomic mass is 31.2. The summed E-state index contributed by atoms with van der Waals surface area (Å²) in [6.07, 6.45) is 0. The summed E-state index contributed by atoms with van der Waals surface area (Å²) >= 11 is 0. The number of nitro groups is 1. The van der Waals surface area contributed by atoms with Crippen molar-refractivity contribution < 1.29 is 18.9 Å². The average molecular weight is 258 g/mol. The topological polar surface area (TPSA) is 102 Å². The predicted molar refractivity (Wildman–Crippen MR) is 60.0 cm³/mol. The number of fused-ring (bicyclic) bond motifs is 1. The van der Waals surface area contributed by atoms with Crippen LogP contribution in [0, 0.1) is 10.1 Å². The number of nitrogens with one attached hydrogen (secondary N) is 1. The van der Waals surface area contributed by atoms with E-state index in [1.165, 1.54) is 18.2 Å². The fourth-order valence-electron chi connectivity index (χ4n) is 1.73. The fraction of sp³-hybridized carbons (Fsp3) is 0.333. The van der Waals surface area contributed by atoms with E-state index in [0.29, 0.717) is 12.1 Å². The molecular weight excluding hydrogens is 247 g/mol. The van der Waals surface area contributed by atoms with Gasteiger partial charge in [0.1, 0.15) is 5.75 Å². The van der Waals surface area contributed by atoms with Crippen molar-refractivity contribution in [1.29, 1.82) is 0 Å². The smallest absolute Gasteiger partial charge is 0.398 e. The van der Waals surface area contributed by atoms with Gasteiger partial charge in [-0.25, -0.2) is 4.57 Å². The van der Waals surface area contributed by atoms with Crippen LogP contribution in [0.5, 0.6) is 5.75 Å². The summed E-state index contributed by atoms with van der Waals surface area (Å²) in [5, 5.41) is 13.4. The average Bonchev–Trinajstić information content (AvgIpc) is 2.50. The van der Waals surface area contributed by atoms with E-state index in [0.717, 1.165) is 0 Å². The van der Waals surface area contributed by atoms with Crippen molar-refractivity contribution in [2.24, 2.45) is 0 Å². The van der Waals surface area contributed by atoms with E-state index in [9.17, 15) is 19.6 Å². The molecule has 0 radical (unpaired) electrons. The largest absolute Gasteiger partial charge is 0.423 e. The van der Waals surface area contributed by atoms with Gasteiger partial charge in [0.05, 0.1) is 4.92 Å². The molecule has 2 atom stereocenters. The lowest BCUT2D eigenvalue weighted by Crippen LogP contribution is -2.18. The highest BCUT2D eigenvalue weighted by Crippen LogP contribution is 2.62. The number of rotatable bonds is 3. The Kier molecular flexibility index (Phi) is 2.91. The second-order valence-corrected chi connectivity index (χ2v) is 5.42. The van der Waals surface area contributed by atoms with Crippen molar-refractivity contribution in [3.63, 3.8) is 0 Å². The first-order valence-corrected chi connectivity index (χ1v) is 6.64. The molecule has 2 N–H and O–H groups in total. The zero-order valence-corrected chi connectivity index (χ0v) is 9.89. The van der Waals surface area contributed by atoms with Gasteiger partial charge in [-0.3, -0.25) is 15.4 Å². The standard InChI is InChI=1S/C9H11N2O5P/c1-2-10-9-7-5-6(11(12)13)3-4-8(7)16-17(9,14)15/h3-5,9-10H,2H2,1H3,(H,14,15). The van der Waals surface area contributed by atoms with E-state index in [1.807, 2.05) is 0 Å². The number of nitrogens with zero attached hydrogens (tertiary/aromatic N) is 1. The summed E-state index contributed by atoms with van der Waals surface area (Å²) < 4.78 is 16.7. The van der Waals surface area contributed by atoms with Gasteiger partial charge in [-0.2, -0.15) is 0 Å². The van der Waals surface area contributed by atoms with E-state index < -0.39 is 18.3 Å².